The maximum absolute atomic E-state index is 11.5. The Morgan fingerprint density at radius 3 is 3.00 bits per heavy atom. The molecule has 0 aromatic carbocycles. The molecule has 0 amide bonds. The van der Waals surface area contributed by atoms with Crippen LogP contribution >= 0.6 is 0 Å². The summed E-state index contributed by atoms with van der Waals surface area (Å²) in [5.41, 5.74) is 1.19. The van der Waals surface area contributed by atoms with Crippen molar-refractivity contribution in [1.82, 2.24) is 5.32 Å². The highest BCUT2D eigenvalue weighted by Crippen LogP contribution is 2.37. The predicted octanol–water partition coefficient (Wildman–Crippen LogP) is 2.73. The van der Waals surface area contributed by atoms with Gasteiger partial charge >= 0.3 is 5.97 Å². The lowest BCUT2D eigenvalue weighted by Crippen LogP contribution is -2.37. The van der Waals surface area contributed by atoms with Gasteiger partial charge in [-0.2, -0.15) is 0 Å². The Kier molecular flexibility index (Phi) is 3.76. The highest BCUT2D eigenvalue weighted by molar-refractivity contribution is 5.87. The number of ether oxygens (including phenoxy) is 1. The molecule has 0 radical (unpaired) electrons. The zero-order valence-corrected chi connectivity index (χ0v) is 11.3. The molecule has 1 aromatic heterocycles. The van der Waals surface area contributed by atoms with Gasteiger partial charge in [-0.3, -0.25) is 0 Å². The summed E-state index contributed by atoms with van der Waals surface area (Å²) >= 11 is 0. The number of hydrogen-bond acceptors (Lipinski definition) is 4. The Morgan fingerprint density at radius 2 is 2.39 bits per heavy atom. The van der Waals surface area contributed by atoms with E-state index >= 15 is 0 Å². The molecule has 0 spiro atoms. The largest absolute Gasteiger partial charge is 0.463 e. The summed E-state index contributed by atoms with van der Waals surface area (Å²) in [6, 6.07) is 2.32. The van der Waals surface area contributed by atoms with Crippen LogP contribution in [0.15, 0.2) is 16.7 Å². The van der Waals surface area contributed by atoms with Crippen LogP contribution in [0.5, 0.6) is 0 Å². The van der Waals surface area contributed by atoms with Crippen molar-refractivity contribution >= 4 is 5.97 Å². The van der Waals surface area contributed by atoms with Crippen molar-refractivity contribution < 1.29 is 13.9 Å². The third-order valence-electron chi connectivity index (χ3n) is 3.91. The van der Waals surface area contributed by atoms with Crippen LogP contribution in [0.3, 0.4) is 0 Å². The SMILES string of the molecule is COC(=O)c1occc1CNC1CCCC1(C)C. The molecule has 1 heterocycles. The van der Waals surface area contributed by atoms with E-state index in [1.165, 1.54) is 32.6 Å². The summed E-state index contributed by atoms with van der Waals surface area (Å²) in [5, 5.41) is 3.53. The standard InChI is InChI=1S/C14H21NO3/c1-14(2)7-4-5-11(14)15-9-10-6-8-18-12(10)13(16)17-3/h6,8,11,15H,4-5,7,9H2,1-3H3. The minimum Gasteiger partial charge on any atom is -0.463 e. The molecule has 1 aliphatic rings. The van der Waals surface area contributed by atoms with Crippen molar-refractivity contribution in [3.8, 4) is 0 Å². The third-order valence-corrected chi connectivity index (χ3v) is 3.91. The topological polar surface area (TPSA) is 51.5 Å². The fourth-order valence-corrected chi connectivity index (χ4v) is 2.68. The van der Waals surface area contributed by atoms with Crippen LogP contribution in [0.1, 0.15) is 49.2 Å². The molecule has 18 heavy (non-hydrogen) atoms. The number of carbonyl (C=O) groups excluding carboxylic acids is 1. The Bertz CT molecular complexity index is 422. The highest BCUT2D eigenvalue weighted by Gasteiger charge is 2.34. The molecule has 1 atom stereocenters. The minimum atomic E-state index is -0.414. The molecule has 1 saturated carbocycles. The van der Waals surface area contributed by atoms with Gasteiger partial charge in [-0.05, 0) is 24.3 Å². The molecule has 2 rings (SSSR count). The van der Waals surface area contributed by atoms with Crippen molar-refractivity contribution in [1.29, 1.82) is 0 Å². The first kappa shape index (κ1) is 13.1. The summed E-state index contributed by atoms with van der Waals surface area (Å²) in [5.74, 6) is -0.108. The first-order chi connectivity index (χ1) is 8.54. The van der Waals surface area contributed by atoms with Crippen molar-refractivity contribution in [3.05, 3.63) is 23.7 Å². The number of rotatable bonds is 4. The number of nitrogens with one attached hydrogen (secondary N) is 1. The fourth-order valence-electron chi connectivity index (χ4n) is 2.68. The molecule has 4 nitrogen and oxygen atoms in total. The van der Waals surface area contributed by atoms with Crippen LogP contribution in [-0.2, 0) is 11.3 Å². The number of carbonyl (C=O) groups is 1. The molecular formula is C14H21NO3. The maximum atomic E-state index is 11.5. The van der Waals surface area contributed by atoms with Gasteiger partial charge in [-0.15, -0.1) is 0 Å². The van der Waals surface area contributed by atoms with Crippen molar-refractivity contribution in [2.45, 2.75) is 45.7 Å². The molecule has 1 unspecified atom stereocenters. The average molecular weight is 251 g/mol. The fraction of sp³-hybridized carbons (Fsp3) is 0.643. The van der Waals surface area contributed by atoms with Gasteiger partial charge in [0.05, 0.1) is 13.4 Å². The van der Waals surface area contributed by atoms with Gasteiger partial charge in [0.1, 0.15) is 0 Å². The zero-order chi connectivity index (χ0) is 13.2. The smallest absolute Gasteiger partial charge is 0.374 e. The summed E-state index contributed by atoms with van der Waals surface area (Å²) in [7, 11) is 1.36. The van der Waals surface area contributed by atoms with E-state index in [0.29, 0.717) is 23.8 Å². The molecule has 1 fully saturated rings. The molecule has 1 aromatic rings. The van der Waals surface area contributed by atoms with E-state index in [4.69, 9.17) is 4.42 Å². The molecule has 4 heteroatoms. The summed E-state index contributed by atoms with van der Waals surface area (Å²) < 4.78 is 9.86. The summed E-state index contributed by atoms with van der Waals surface area (Å²) in [4.78, 5) is 11.5. The molecular weight excluding hydrogens is 230 g/mol. The van der Waals surface area contributed by atoms with Crippen LogP contribution in [0.25, 0.3) is 0 Å². The first-order valence-electron chi connectivity index (χ1n) is 6.42. The Labute approximate surface area is 108 Å². The van der Waals surface area contributed by atoms with Gasteiger partial charge in [0.25, 0.3) is 0 Å². The second-order valence-electron chi connectivity index (χ2n) is 5.58. The van der Waals surface area contributed by atoms with Crippen molar-refractivity contribution in [2.75, 3.05) is 7.11 Å². The Morgan fingerprint density at radius 1 is 1.61 bits per heavy atom. The number of esters is 1. The van der Waals surface area contributed by atoms with Crippen LogP contribution in [-0.4, -0.2) is 19.1 Å². The molecule has 0 aliphatic heterocycles. The monoisotopic (exact) mass is 251 g/mol. The quantitative estimate of drug-likeness (QED) is 0.836. The molecule has 1 aliphatic carbocycles. The van der Waals surface area contributed by atoms with Gasteiger partial charge in [-0.25, -0.2) is 4.79 Å². The van der Waals surface area contributed by atoms with Gasteiger partial charge in [0, 0.05) is 18.2 Å². The number of methoxy groups -OCH3 is 1. The van der Waals surface area contributed by atoms with E-state index < -0.39 is 5.97 Å². The van der Waals surface area contributed by atoms with Gasteiger partial charge < -0.3 is 14.5 Å². The molecule has 0 saturated heterocycles. The third kappa shape index (κ3) is 2.58. The van der Waals surface area contributed by atoms with Crippen LogP contribution in [0.4, 0.5) is 0 Å². The van der Waals surface area contributed by atoms with E-state index in [-0.39, 0.29) is 0 Å². The highest BCUT2D eigenvalue weighted by atomic mass is 16.5. The van der Waals surface area contributed by atoms with Gasteiger partial charge in [0.2, 0.25) is 5.76 Å². The second-order valence-corrected chi connectivity index (χ2v) is 5.58. The van der Waals surface area contributed by atoms with E-state index in [1.54, 1.807) is 0 Å². The first-order valence-corrected chi connectivity index (χ1v) is 6.42. The molecule has 100 valence electrons. The summed E-state index contributed by atoms with van der Waals surface area (Å²) in [6.07, 6.45) is 5.24. The van der Waals surface area contributed by atoms with Gasteiger partial charge in [-0.1, -0.05) is 20.3 Å². The second kappa shape index (κ2) is 5.14. The lowest BCUT2D eigenvalue weighted by molar-refractivity contribution is 0.0563. The number of furan rings is 1. The normalized spacial score (nSPS) is 22.1. The van der Waals surface area contributed by atoms with E-state index in [2.05, 4.69) is 23.9 Å². The molecule has 0 bridgehead atoms. The minimum absolute atomic E-state index is 0.306. The molecule has 1 N–H and O–H groups in total. The summed E-state index contributed by atoms with van der Waals surface area (Å²) in [6.45, 7) is 5.22. The van der Waals surface area contributed by atoms with Crippen molar-refractivity contribution in [2.24, 2.45) is 5.41 Å². The lowest BCUT2D eigenvalue weighted by atomic mass is 9.87. The van der Waals surface area contributed by atoms with Crippen LogP contribution in [0, 0.1) is 5.41 Å². The van der Waals surface area contributed by atoms with E-state index in [1.807, 2.05) is 6.07 Å². The van der Waals surface area contributed by atoms with Crippen LogP contribution in [0.2, 0.25) is 0 Å². The van der Waals surface area contributed by atoms with Crippen molar-refractivity contribution in [3.63, 3.8) is 0 Å². The predicted molar refractivity (Wildman–Crippen MR) is 68.3 cm³/mol. The van der Waals surface area contributed by atoms with E-state index in [0.717, 1.165) is 5.56 Å². The zero-order valence-electron chi connectivity index (χ0n) is 11.3. The lowest BCUT2D eigenvalue weighted by Gasteiger charge is -2.27. The number of hydrogen-bond donors (Lipinski definition) is 1. The Hall–Kier alpha value is -1.29. The Balaban J connectivity index is 1.98. The maximum Gasteiger partial charge on any atom is 0.374 e. The van der Waals surface area contributed by atoms with E-state index in [9.17, 15) is 4.79 Å². The van der Waals surface area contributed by atoms with Crippen LogP contribution < -0.4 is 5.32 Å². The van der Waals surface area contributed by atoms with Gasteiger partial charge in [0.15, 0.2) is 0 Å². The average Bonchev–Trinajstić information content (AvgIpc) is 2.91.